The Balaban J connectivity index is -0.00000186. The Kier molecular flexibility index (Phi) is 34.0. The zero-order chi connectivity index (χ0) is 84.6. The first-order valence-corrected chi connectivity index (χ1v) is 24.2. The molecule has 0 saturated carbocycles. The molecule has 105 heavy (non-hydrogen) atoms. The third-order valence-electron chi connectivity index (χ3n) is 10.0. The molecule has 59 heteroatoms. The quantitative estimate of drug-likeness (QED) is 0.0239. The van der Waals surface area contributed by atoms with Crippen molar-refractivity contribution in [1.82, 2.24) is 0 Å². The highest BCUT2D eigenvalue weighted by molar-refractivity contribution is 5.83. The number of halogens is 40. The fourth-order valence-corrected chi connectivity index (χ4v) is 4.71. The van der Waals surface area contributed by atoms with Crippen LogP contribution in [0.1, 0.15) is 0 Å². The predicted octanol–water partition coefficient (Wildman–Crippen LogP) is 13.6. The summed E-state index contributed by atoms with van der Waals surface area (Å²) >= 11 is 0. The minimum Gasteiger partial charge on any atom is -0.456 e. The summed E-state index contributed by atoms with van der Waals surface area (Å²) in [5, 5.41) is 0. The van der Waals surface area contributed by atoms with Gasteiger partial charge in [0, 0.05) is 36.5 Å². The number of ether oxygens (including phenoxy) is 13. The maximum atomic E-state index is 15.3. The fraction of sp³-hybridized carbons (Fsp3) is 0.609. The van der Waals surface area contributed by atoms with Crippen LogP contribution in [0.4, 0.5) is 176 Å². The van der Waals surface area contributed by atoms with Gasteiger partial charge in [0.05, 0.1) is 0 Å². The zero-order valence-corrected chi connectivity index (χ0v) is 49.2. The number of carbonyl (C=O) groups excluding carboxylic acids is 6. The van der Waals surface area contributed by atoms with Crippen molar-refractivity contribution < 1.29 is 266 Å². The summed E-state index contributed by atoms with van der Waals surface area (Å²) in [6.45, 7) is -6.42. The molecule has 0 aromatic rings. The molecule has 0 bridgehead atoms. The highest BCUT2D eigenvalue weighted by Crippen LogP contribution is 2.63. The van der Waals surface area contributed by atoms with Crippen LogP contribution in [0.3, 0.4) is 0 Å². The van der Waals surface area contributed by atoms with Crippen molar-refractivity contribution in [3.8, 4) is 0 Å². The molecule has 0 N–H and O–H groups in total. The SMILES string of the molecule is C=CC(=O)OCC(F)(F)C(F)(F)OC(F)(F)C(F)(C(F)(F)OC(F)(F)C(F)(F)COC(=O)C=C)C(F)(F)OC(F)(F)C(F)(F)COC(=O)C=C.C=CC(=O)OCC(F)(F)C(F)(F)OC(F)(F)C(F)(C(F)(F)OC(F)(F)C(F)(F)COC(=O)C=C)C(F)(F)OC(F)(F)C(F)(F)COC(=O)C=C.FCOCF. The van der Waals surface area contributed by atoms with Gasteiger partial charge in [0.25, 0.3) is 0 Å². The lowest BCUT2D eigenvalue weighted by Gasteiger charge is -2.44. The van der Waals surface area contributed by atoms with Gasteiger partial charge in [-0.25, -0.2) is 74.8 Å². The molecule has 0 fully saturated rings. The van der Waals surface area contributed by atoms with Crippen molar-refractivity contribution in [3.05, 3.63) is 75.9 Å². The summed E-state index contributed by atoms with van der Waals surface area (Å²) in [6.07, 6.45) is -96.9. The van der Waals surface area contributed by atoms with E-state index in [0.29, 0.717) is 0 Å². The van der Waals surface area contributed by atoms with Crippen LogP contribution in [0.15, 0.2) is 75.9 Å². The molecule has 0 aromatic carbocycles. The molecular formula is C46H34F40O19. The lowest BCUT2D eigenvalue weighted by molar-refractivity contribution is -0.568. The number of hydrogen-bond donors (Lipinski definition) is 0. The van der Waals surface area contributed by atoms with Crippen LogP contribution in [0.25, 0.3) is 0 Å². The first kappa shape index (κ1) is 101. The molecule has 0 unspecified atom stereocenters. The van der Waals surface area contributed by atoms with Gasteiger partial charge in [-0.1, -0.05) is 39.5 Å². The van der Waals surface area contributed by atoms with Crippen LogP contribution in [0.5, 0.6) is 0 Å². The predicted molar refractivity (Wildman–Crippen MR) is 243 cm³/mol. The summed E-state index contributed by atoms with van der Waals surface area (Å²) < 4.78 is 593. The third kappa shape index (κ3) is 24.6. The van der Waals surface area contributed by atoms with Crippen LogP contribution < -0.4 is 0 Å². The smallest absolute Gasteiger partial charge is 0.427 e. The molecule has 612 valence electrons. The average molecular weight is 1650 g/mol. The lowest BCUT2D eigenvalue weighted by Crippen LogP contribution is -2.74. The largest absolute Gasteiger partial charge is 0.456 e. The van der Waals surface area contributed by atoms with Crippen LogP contribution in [-0.2, 0) is 90.3 Å². The van der Waals surface area contributed by atoms with Crippen LogP contribution in [-0.4, -0.2) is 209 Å². The number of carbonyl (C=O) groups is 6. The van der Waals surface area contributed by atoms with E-state index in [2.05, 4.69) is 72.6 Å². The van der Waals surface area contributed by atoms with Gasteiger partial charge < -0.3 is 33.2 Å². The molecule has 19 nitrogen and oxygen atoms in total. The van der Waals surface area contributed by atoms with Crippen LogP contribution in [0.2, 0.25) is 0 Å². The number of hydrogen-bond acceptors (Lipinski definition) is 19. The monoisotopic (exact) mass is 1650 g/mol. The van der Waals surface area contributed by atoms with Gasteiger partial charge in [0.1, 0.15) is 0 Å². The van der Waals surface area contributed by atoms with Crippen molar-refractivity contribution in [3.63, 3.8) is 0 Å². The lowest BCUT2D eigenvalue weighted by atomic mass is 10.0. The zero-order valence-electron chi connectivity index (χ0n) is 49.2. The topological polar surface area (TPSA) is 222 Å². The first-order valence-electron chi connectivity index (χ1n) is 24.2. The molecule has 0 heterocycles. The summed E-state index contributed by atoms with van der Waals surface area (Å²) in [5.74, 6) is -52.6. The van der Waals surface area contributed by atoms with E-state index in [9.17, 15) is 196 Å². The Hall–Kier alpha value is -7.82. The van der Waals surface area contributed by atoms with Crippen LogP contribution >= 0.6 is 0 Å². The second kappa shape index (κ2) is 35.3. The summed E-state index contributed by atoms with van der Waals surface area (Å²) in [5.41, 5.74) is -17.8. The molecule has 0 spiro atoms. The number of alkyl halides is 40. The van der Waals surface area contributed by atoms with E-state index in [0.717, 1.165) is 0 Å². The highest BCUT2D eigenvalue weighted by Gasteiger charge is 2.93. The van der Waals surface area contributed by atoms with E-state index in [1.165, 1.54) is 0 Å². The van der Waals surface area contributed by atoms with Crippen molar-refractivity contribution in [2.45, 2.75) is 120 Å². The van der Waals surface area contributed by atoms with Gasteiger partial charge in [0.15, 0.2) is 53.4 Å². The average Bonchev–Trinajstić information content (AvgIpc) is 0.710. The van der Waals surface area contributed by atoms with E-state index in [4.69, 9.17) is 0 Å². The van der Waals surface area contributed by atoms with Gasteiger partial charge >= 0.3 is 156 Å². The minimum absolute atomic E-state index is 0.103. The Morgan fingerprint density at radius 2 is 0.314 bits per heavy atom. The molecule has 0 saturated heterocycles. The third-order valence-corrected chi connectivity index (χ3v) is 10.0. The summed E-state index contributed by atoms with van der Waals surface area (Å²) in [6, 6.07) is 0. The van der Waals surface area contributed by atoms with E-state index in [1.807, 2.05) is 0 Å². The molecule has 0 aliphatic carbocycles. The highest BCUT2D eigenvalue weighted by atomic mass is 19.4. The van der Waals surface area contributed by atoms with E-state index in [-0.39, 0.29) is 36.5 Å². The second-order valence-corrected chi connectivity index (χ2v) is 17.7. The standard InChI is InChI=1S/2C22H15F19O9.C2H4F2O/c2*1-4-10(42)45-7-13(23,24)17(30,31)48-20(36,37)16(29,21(38,39)49-18(32,33)14(25,26)8-46-11(43)5-2)22(40,41)50-19(34,35)15(27,28)9-47-12(44)6-3;3-1-5-2-4/h2*4-6H,1-3,7-9H2;1-2H2. The molecule has 0 atom stereocenters. The van der Waals surface area contributed by atoms with Gasteiger partial charge in [-0.3, -0.25) is 0 Å². The van der Waals surface area contributed by atoms with E-state index in [1.54, 1.807) is 28.4 Å². The van der Waals surface area contributed by atoms with E-state index < -0.39 is 209 Å². The molecule has 0 aliphatic heterocycles. The number of rotatable bonds is 44. The minimum atomic E-state index is -8.90. The normalized spacial score (nSPS) is 14.2. The van der Waals surface area contributed by atoms with Crippen molar-refractivity contribution in [1.29, 1.82) is 0 Å². The summed E-state index contributed by atoms with van der Waals surface area (Å²) in [7, 11) is 0. The first-order chi connectivity index (χ1) is 46.4. The molecular weight excluding hydrogens is 1620 g/mol. The molecule has 0 aromatic heterocycles. The van der Waals surface area contributed by atoms with E-state index >= 15 is 8.78 Å². The van der Waals surface area contributed by atoms with Gasteiger partial charge in [0.2, 0.25) is 0 Å². The maximum Gasteiger partial charge on any atom is 0.427 e. The molecule has 0 amide bonds. The molecule has 0 rings (SSSR count). The second-order valence-electron chi connectivity index (χ2n) is 17.7. The molecule has 0 aliphatic rings. The van der Waals surface area contributed by atoms with Crippen molar-refractivity contribution in [2.24, 2.45) is 0 Å². The molecule has 0 radical (unpaired) electrons. The van der Waals surface area contributed by atoms with Crippen LogP contribution in [0, 0.1) is 0 Å². The Morgan fingerprint density at radius 3 is 0.390 bits per heavy atom. The van der Waals surface area contributed by atoms with Gasteiger partial charge in [-0.2, -0.15) is 158 Å². The Labute approximate surface area is 551 Å². The van der Waals surface area contributed by atoms with Crippen molar-refractivity contribution >= 4 is 35.8 Å². The summed E-state index contributed by atoms with van der Waals surface area (Å²) in [4.78, 5) is 64.8. The number of esters is 6. The Bertz CT molecular complexity index is 2520. The van der Waals surface area contributed by atoms with Gasteiger partial charge in [-0.05, 0) is 0 Å². The van der Waals surface area contributed by atoms with Crippen molar-refractivity contribution in [2.75, 3.05) is 53.4 Å². The fourth-order valence-electron chi connectivity index (χ4n) is 4.71. The Morgan fingerprint density at radius 1 is 0.210 bits per heavy atom. The maximum absolute atomic E-state index is 15.3. The van der Waals surface area contributed by atoms with Gasteiger partial charge in [-0.15, -0.1) is 0 Å².